The zero-order valence-electron chi connectivity index (χ0n) is 12.2. The van der Waals surface area contributed by atoms with Gasteiger partial charge in [-0.1, -0.05) is 48.0 Å². The van der Waals surface area contributed by atoms with Gasteiger partial charge in [0, 0.05) is 23.6 Å². The van der Waals surface area contributed by atoms with Crippen LogP contribution in [0.25, 0.3) is 11.4 Å². The molecule has 4 heteroatoms. The second kappa shape index (κ2) is 6.18. The van der Waals surface area contributed by atoms with E-state index in [0.717, 1.165) is 16.8 Å². The van der Waals surface area contributed by atoms with Gasteiger partial charge in [0.15, 0.2) is 5.82 Å². The molecule has 1 N–H and O–H groups in total. The van der Waals surface area contributed by atoms with Crippen LogP contribution in [0.5, 0.6) is 0 Å². The fourth-order valence-electron chi connectivity index (χ4n) is 2.02. The molecule has 0 radical (unpaired) electrons. The Bertz CT molecular complexity index is 766. The monoisotopic (exact) mass is 289 g/mol. The van der Waals surface area contributed by atoms with E-state index >= 15 is 0 Å². The molecule has 1 aromatic heterocycles. The molecule has 3 rings (SSSR count). The molecule has 0 aliphatic heterocycles. The predicted octanol–water partition coefficient (Wildman–Crippen LogP) is 3.70. The second-order valence-corrected chi connectivity index (χ2v) is 4.98. The van der Waals surface area contributed by atoms with Crippen molar-refractivity contribution in [2.75, 3.05) is 5.32 Å². The van der Waals surface area contributed by atoms with Gasteiger partial charge in [-0.25, -0.2) is 9.97 Å². The summed E-state index contributed by atoms with van der Waals surface area (Å²) in [6.07, 6.45) is 3.08. The average Bonchev–Trinajstić information content (AvgIpc) is 2.58. The zero-order valence-corrected chi connectivity index (χ0v) is 12.2. The Hall–Kier alpha value is -3.01. The van der Waals surface area contributed by atoms with E-state index in [2.05, 4.69) is 15.3 Å². The summed E-state index contributed by atoms with van der Waals surface area (Å²) >= 11 is 0. The van der Waals surface area contributed by atoms with Crippen molar-refractivity contribution >= 4 is 11.6 Å². The Morgan fingerprint density at radius 2 is 1.55 bits per heavy atom. The van der Waals surface area contributed by atoms with E-state index in [-0.39, 0.29) is 5.91 Å². The van der Waals surface area contributed by atoms with Gasteiger partial charge in [0.2, 0.25) is 0 Å². The van der Waals surface area contributed by atoms with Gasteiger partial charge < -0.3 is 5.32 Å². The SMILES string of the molecule is Cc1ccc(NC(=O)c2cnc(-c3ccccc3)nc2)cc1. The third-order valence-electron chi connectivity index (χ3n) is 3.26. The number of hydrogen-bond acceptors (Lipinski definition) is 3. The van der Waals surface area contributed by atoms with Gasteiger partial charge in [-0.15, -0.1) is 0 Å². The van der Waals surface area contributed by atoms with Crippen LogP contribution in [0.1, 0.15) is 15.9 Å². The van der Waals surface area contributed by atoms with Crippen molar-refractivity contribution in [1.29, 1.82) is 0 Å². The first-order valence-electron chi connectivity index (χ1n) is 6.98. The standard InChI is InChI=1S/C18H15N3O/c1-13-7-9-16(10-8-13)21-18(22)15-11-19-17(20-12-15)14-5-3-2-4-6-14/h2-12H,1H3,(H,21,22). The van der Waals surface area contributed by atoms with Crippen LogP contribution in [0.4, 0.5) is 5.69 Å². The second-order valence-electron chi connectivity index (χ2n) is 4.98. The summed E-state index contributed by atoms with van der Waals surface area (Å²) in [5, 5.41) is 2.83. The summed E-state index contributed by atoms with van der Waals surface area (Å²) in [6, 6.07) is 17.3. The lowest BCUT2D eigenvalue weighted by atomic mass is 10.2. The first-order valence-corrected chi connectivity index (χ1v) is 6.98. The first kappa shape index (κ1) is 13.9. The van der Waals surface area contributed by atoms with Crippen molar-refractivity contribution < 1.29 is 4.79 Å². The fourth-order valence-corrected chi connectivity index (χ4v) is 2.02. The molecular formula is C18H15N3O. The van der Waals surface area contributed by atoms with Gasteiger partial charge >= 0.3 is 0 Å². The summed E-state index contributed by atoms with van der Waals surface area (Å²) in [6.45, 7) is 2.00. The van der Waals surface area contributed by atoms with Gasteiger partial charge in [0.25, 0.3) is 5.91 Å². The van der Waals surface area contributed by atoms with Gasteiger partial charge in [-0.2, -0.15) is 0 Å². The number of carbonyl (C=O) groups excluding carboxylic acids is 1. The maximum Gasteiger partial charge on any atom is 0.258 e. The number of benzene rings is 2. The third kappa shape index (κ3) is 3.17. The minimum atomic E-state index is -0.219. The highest BCUT2D eigenvalue weighted by Gasteiger charge is 2.08. The van der Waals surface area contributed by atoms with Crippen molar-refractivity contribution in [2.45, 2.75) is 6.92 Å². The number of hydrogen-bond donors (Lipinski definition) is 1. The highest BCUT2D eigenvalue weighted by molar-refractivity contribution is 6.03. The third-order valence-corrected chi connectivity index (χ3v) is 3.26. The molecule has 1 heterocycles. The molecule has 0 saturated carbocycles. The van der Waals surface area contributed by atoms with E-state index < -0.39 is 0 Å². The Labute approximate surface area is 128 Å². The van der Waals surface area contributed by atoms with Crippen LogP contribution >= 0.6 is 0 Å². The van der Waals surface area contributed by atoms with Crippen LogP contribution in [0.15, 0.2) is 67.0 Å². The highest BCUT2D eigenvalue weighted by atomic mass is 16.1. The van der Waals surface area contributed by atoms with E-state index in [9.17, 15) is 4.79 Å². The van der Waals surface area contributed by atoms with Crippen LogP contribution in [0.2, 0.25) is 0 Å². The number of aromatic nitrogens is 2. The van der Waals surface area contributed by atoms with Gasteiger partial charge in [0.05, 0.1) is 5.56 Å². The van der Waals surface area contributed by atoms with Crippen molar-refractivity contribution in [2.24, 2.45) is 0 Å². The summed E-state index contributed by atoms with van der Waals surface area (Å²) in [4.78, 5) is 20.7. The van der Waals surface area contributed by atoms with Crippen molar-refractivity contribution in [3.05, 3.63) is 78.1 Å². The van der Waals surface area contributed by atoms with E-state index in [0.29, 0.717) is 11.4 Å². The number of anilines is 1. The molecule has 0 unspecified atom stereocenters. The maximum absolute atomic E-state index is 12.2. The molecule has 0 fully saturated rings. The van der Waals surface area contributed by atoms with E-state index in [1.165, 1.54) is 0 Å². The summed E-state index contributed by atoms with van der Waals surface area (Å²) < 4.78 is 0. The largest absolute Gasteiger partial charge is 0.322 e. The lowest BCUT2D eigenvalue weighted by molar-refractivity contribution is 0.102. The molecule has 22 heavy (non-hydrogen) atoms. The lowest BCUT2D eigenvalue weighted by Crippen LogP contribution is -2.12. The van der Waals surface area contributed by atoms with Gasteiger partial charge in [-0.3, -0.25) is 4.79 Å². The zero-order chi connectivity index (χ0) is 15.4. The Kier molecular flexibility index (Phi) is 3.92. The minimum Gasteiger partial charge on any atom is -0.322 e. The van der Waals surface area contributed by atoms with Crippen LogP contribution in [0.3, 0.4) is 0 Å². The Morgan fingerprint density at radius 1 is 0.909 bits per heavy atom. The first-order chi connectivity index (χ1) is 10.7. The van der Waals surface area contributed by atoms with Crippen LogP contribution in [0, 0.1) is 6.92 Å². The highest BCUT2D eigenvalue weighted by Crippen LogP contribution is 2.14. The number of rotatable bonds is 3. The van der Waals surface area contributed by atoms with Crippen LogP contribution in [-0.2, 0) is 0 Å². The smallest absolute Gasteiger partial charge is 0.258 e. The van der Waals surface area contributed by atoms with E-state index in [1.54, 1.807) is 12.4 Å². The van der Waals surface area contributed by atoms with E-state index in [4.69, 9.17) is 0 Å². The molecule has 2 aromatic carbocycles. The summed E-state index contributed by atoms with van der Waals surface area (Å²) in [5.74, 6) is 0.385. The molecule has 0 saturated heterocycles. The Balaban J connectivity index is 1.75. The Morgan fingerprint density at radius 3 is 2.18 bits per heavy atom. The molecule has 4 nitrogen and oxygen atoms in total. The fraction of sp³-hybridized carbons (Fsp3) is 0.0556. The van der Waals surface area contributed by atoms with E-state index in [1.807, 2.05) is 61.5 Å². The van der Waals surface area contributed by atoms with Crippen LogP contribution < -0.4 is 5.32 Å². The average molecular weight is 289 g/mol. The molecule has 0 bridgehead atoms. The number of amides is 1. The number of nitrogens with one attached hydrogen (secondary N) is 1. The molecule has 0 atom stereocenters. The van der Waals surface area contributed by atoms with Crippen molar-refractivity contribution in [3.8, 4) is 11.4 Å². The van der Waals surface area contributed by atoms with Gasteiger partial charge in [-0.05, 0) is 19.1 Å². The molecule has 1 amide bonds. The quantitative estimate of drug-likeness (QED) is 0.799. The molecular weight excluding hydrogens is 274 g/mol. The normalized spacial score (nSPS) is 10.2. The number of aryl methyl sites for hydroxylation is 1. The van der Waals surface area contributed by atoms with Crippen molar-refractivity contribution in [3.63, 3.8) is 0 Å². The molecule has 0 aliphatic carbocycles. The van der Waals surface area contributed by atoms with Crippen molar-refractivity contribution in [1.82, 2.24) is 9.97 Å². The van der Waals surface area contributed by atoms with Gasteiger partial charge in [0.1, 0.15) is 0 Å². The molecule has 3 aromatic rings. The van der Waals surface area contributed by atoms with Crippen LogP contribution in [-0.4, -0.2) is 15.9 Å². The summed E-state index contributed by atoms with van der Waals surface area (Å²) in [7, 11) is 0. The predicted molar refractivity (Wildman–Crippen MR) is 86.6 cm³/mol. The number of nitrogens with zero attached hydrogens (tertiary/aromatic N) is 2. The number of carbonyl (C=O) groups is 1. The minimum absolute atomic E-state index is 0.219. The maximum atomic E-state index is 12.2. The molecule has 108 valence electrons. The topological polar surface area (TPSA) is 54.9 Å². The summed E-state index contributed by atoms with van der Waals surface area (Å²) in [5.41, 5.74) is 3.25. The molecule has 0 aliphatic rings. The molecule has 0 spiro atoms. The lowest BCUT2D eigenvalue weighted by Gasteiger charge is -2.06.